The van der Waals surface area contributed by atoms with E-state index in [-0.39, 0.29) is 0 Å². The Balaban J connectivity index is 1.80. The summed E-state index contributed by atoms with van der Waals surface area (Å²) in [7, 11) is 0. The fourth-order valence-corrected chi connectivity index (χ4v) is 3.69. The van der Waals surface area contributed by atoms with Gasteiger partial charge in [-0.25, -0.2) is 0 Å². The van der Waals surface area contributed by atoms with E-state index < -0.39 is 0 Å². The van der Waals surface area contributed by atoms with Gasteiger partial charge in [-0.1, -0.05) is 42.4 Å². The molecule has 1 aromatic rings. The van der Waals surface area contributed by atoms with E-state index in [9.17, 15) is 0 Å². The highest BCUT2D eigenvalue weighted by Crippen LogP contribution is 2.31. The van der Waals surface area contributed by atoms with E-state index >= 15 is 0 Å². The van der Waals surface area contributed by atoms with Crippen molar-refractivity contribution in [3.8, 4) is 11.8 Å². The topological polar surface area (TPSA) is 12.5 Å². The summed E-state index contributed by atoms with van der Waals surface area (Å²) < 4.78 is 5.61. The second-order valence-electron chi connectivity index (χ2n) is 6.79. The van der Waals surface area contributed by atoms with Crippen molar-refractivity contribution in [2.75, 3.05) is 19.8 Å². The number of morpholine rings is 1. The van der Waals surface area contributed by atoms with Crippen molar-refractivity contribution in [1.29, 1.82) is 0 Å². The summed E-state index contributed by atoms with van der Waals surface area (Å²) in [6, 6.07) is 9.43. The normalized spacial score (nSPS) is 24.7. The predicted octanol–water partition coefficient (Wildman–Crippen LogP) is 3.63. The van der Waals surface area contributed by atoms with Gasteiger partial charge in [0.2, 0.25) is 0 Å². The second-order valence-corrected chi connectivity index (χ2v) is 6.79. The molecule has 3 rings (SSSR count). The first-order valence-electron chi connectivity index (χ1n) is 8.66. The first-order valence-corrected chi connectivity index (χ1v) is 8.66. The minimum atomic E-state index is 0.391. The maximum atomic E-state index is 5.61. The van der Waals surface area contributed by atoms with Crippen LogP contribution in [0.2, 0.25) is 0 Å². The molecule has 118 valence electrons. The molecule has 0 spiro atoms. The van der Waals surface area contributed by atoms with E-state index in [2.05, 4.69) is 54.9 Å². The largest absolute Gasteiger partial charge is 0.379 e. The van der Waals surface area contributed by atoms with Gasteiger partial charge >= 0.3 is 0 Å². The molecule has 1 aliphatic carbocycles. The number of hydrogen-bond acceptors (Lipinski definition) is 2. The zero-order valence-electron chi connectivity index (χ0n) is 13.8. The second kappa shape index (κ2) is 7.31. The van der Waals surface area contributed by atoms with Crippen LogP contribution in [0.4, 0.5) is 0 Å². The van der Waals surface area contributed by atoms with Crippen LogP contribution in [-0.2, 0) is 4.74 Å². The summed E-state index contributed by atoms with van der Waals surface area (Å²) in [5.41, 5.74) is 2.43. The van der Waals surface area contributed by atoms with Crippen molar-refractivity contribution in [2.24, 2.45) is 5.92 Å². The number of rotatable bonds is 2. The summed E-state index contributed by atoms with van der Waals surface area (Å²) in [5, 5.41) is 0. The molecule has 0 radical (unpaired) electrons. The Morgan fingerprint density at radius 2 is 1.91 bits per heavy atom. The van der Waals surface area contributed by atoms with Gasteiger partial charge in [-0.2, -0.15) is 0 Å². The smallest absolute Gasteiger partial charge is 0.0750 e. The van der Waals surface area contributed by atoms with E-state index in [0.717, 1.165) is 31.2 Å². The van der Waals surface area contributed by atoms with Crippen LogP contribution in [0.25, 0.3) is 0 Å². The summed E-state index contributed by atoms with van der Waals surface area (Å²) >= 11 is 0. The molecule has 0 bridgehead atoms. The maximum absolute atomic E-state index is 5.61. The number of benzene rings is 1. The van der Waals surface area contributed by atoms with Crippen LogP contribution in [0.5, 0.6) is 0 Å². The Hall–Kier alpha value is -1.30. The fourth-order valence-electron chi connectivity index (χ4n) is 3.69. The summed E-state index contributed by atoms with van der Waals surface area (Å²) in [6.07, 6.45) is 5.40. The third-order valence-electron chi connectivity index (χ3n) is 5.04. The van der Waals surface area contributed by atoms with Crippen LogP contribution >= 0.6 is 0 Å². The molecule has 22 heavy (non-hydrogen) atoms. The first kappa shape index (κ1) is 15.6. The minimum absolute atomic E-state index is 0.391. The maximum Gasteiger partial charge on any atom is 0.0750 e. The Bertz CT molecular complexity index is 533. The highest BCUT2D eigenvalue weighted by atomic mass is 16.5. The number of hydrogen-bond donors (Lipinski definition) is 0. The van der Waals surface area contributed by atoms with Gasteiger partial charge in [-0.05, 0) is 44.7 Å². The van der Waals surface area contributed by atoms with Gasteiger partial charge in [0.05, 0.1) is 19.3 Å². The van der Waals surface area contributed by atoms with Gasteiger partial charge in [0.25, 0.3) is 0 Å². The number of ether oxygens (including phenoxy) is 1. The molecular formula is C20H27NO. The Morgan fingerprint density at radius 3 is 2.59 bits per heavy atom. The molecule has 1 heterocycles. The molecule has 2 aliphatic rings. The van der Waals surface area contributed by atoms with Crippen molar-refractivity contribution < 1.29 is 4.74 Å². The highest BCUT2D eigenvalue weighted by molar-refractivity contribution is 5.37. The average Bonchev–Trinajstić information content (AvgIpc) is 3.05. The van der Waals surface area contributed by atoms with Gasteiger partial charge in [0, 0.05) is 18.2 Å². The fraction of sp³-hybridized carbons (Fsp3) is 0.600. The van der Waals surface area contributed by atoms with Crippen molar-refractivity contribution in [1.82, 2.24) is 4.90 Å². The molecule has 2 fully saturated rings. The molecular weight excluding hydrogens is 270 g/mol. The molecule has 2 atom stereocenters. The number of aryl methyl sites for hydroxylation is 1. The highest BCUT2D eigenvalue weighted by Gasteiger charge is 2.32. The quantitative estimate of drug-likeness (QED) is 0.773. The lowest BCUT2D eigenvalue weighted by molar-refractivity contribution is -0.0211. The summed E-state index contributed by atoms with van der Waals surface area (Å²) in [6.45, 7) is 7.10. The Kier molecular flexibility index (Phi) is 5.18. The SMILES string of the molecule is Cc1ccc(C#CC(C2CCCC2)N2CCOCC2C)cc1. The Labute approximate surface area is 134 Å². The molecule has 0 N–H and O–H groups in total. The zero-order valence-corrected chi connectivity index (χ0v) is 13.8. The molecule has 2 nitrogen and oxygen atoms in total. The van der Waals surface area contributed by atoms with Crippen LogP contribution in [0, 0.1) is 24.7 Å². The predicted molar refractivity (Wildman–Crippen MR) is 90.8 cm³/mol. The summed E-state index contributed by atoms with van der Waals surface area (Å²) in [4.78, 5) is 2.58. The average molecular weight is 297 g/mol. The van der Waals surface area contributed by atoms with Crippen LogP contribution in [0.3, 0.4) is 0 Å². The third-order valence-corrected chi connectivity index (χ3v) is 5.04. The zero-order chi connectivity index (χ0) is 15.4. The molecule has 0 amide bonds. The molecule has 0 aromatic heterocycles. The van der Waals surface area contributed by atoms with Crippen molar-refractivity contribution >= 4 is 0 Å². The van der Waals surface area contributed by atoms with Gasteiger partial charge < -0.3 is 4.74 Å². The van der Waals surface area contributed by atoms with E-state index in [0.29, 0.717) is 12.1 Å². The van der Waals surface area contributed by atoms with Crippen molar-refractivity contribution in [2.45, 2.75) is 51.6 Å². The van der Waals surface area contributed by atoms with E-state index in [1.165, 1.54) is 31.2 Å². The lowest BCUT2D eigenvalue weighted by Gasteiger charge is -2.39. The van der Waals surface area contributed by atoms with E-state index in [1.54, 1.807) is 0 Å². The minimum Gasteiger partial charge on any atom is -0.379 e. The molecule has 1 aliphatic heterocycles. The molecule has 2 unspecified atom stereocenters. The standard InChI is InChI=1S/C20H27NO/c1-16-7-9-18(10-8-16)11-12-20(19-5-3-4-6-19)21-13-14-22-15-17(21)2/h7-10,17,19-20H,3-6,13-15H2,1-2H3. The van der Waals surface area contributed by atoms with Crippen LogP contribution in [-0.4, -0.2) is 36.7 Å². The molecule has 1 saturated carbocycles. The van der Waals surface area contributed by atoms with E-state index in [1.807, 2.05) is 0 Å². The van der Waals surface area contributed by atoms with E-state index in [4.69, 9.17) is 4.74 Å². The van der Waals surface area contributed by atoms with Gasteiger partial charge in [0.1, 0.15) is 0 Å². The number of nitrogens with zero attached hydrogens (tertiary/aromatic N) is 1. The van der Waals surface area contributed by atoms with Gasteiger partial charge in [-0.15, -0.1) is 0 Å². The summed E-state index contributed by atoms with van der Waals surface area (Å²) in [5.74, 6) is 7.79. The molecule has 2 heteroatoms. The van der Waals surface area contributed by atoms with Crippen molar-refractivity contribution in [3.05, 3.63) is 35.4 Å². The van der Waals surface area contributed by atoms with Crippen LogP contribution < -0.4 is 0 Å². The van der Waals surface area contributed by atoms with Crippen molar-refractivity contribution in [3.63, 3.8) is 0 Å². The van der Waals surface area contributed by atoms with Crippen LogP contribution in [0.1, 0.15) is 43.7 Å². The molecule has 1 aromatic carbocycles. The lowest BCUT2D eigenvalue weighted by atomic mass is 9.95. The van der Waals surface area contributed by atoms with Gasteiger partial charge in [-0.3, -0.25) is 4.90 Å². The van der Waals surface area contributed by atoms with Gasteiger partial charge in [0.15, 0.2) is 0 Å². The first-order chi connectivity index (χ1) is 10.7. The van der Waals surface area contributed by atoms with Crippen LogP contribution in [0.15, 0.2) is 24.3 Å². The Morgan fingerprint density at radius 1 is 1.18 bits per heavy atom. The lowest BCUT2D eigenvalue weighted by Crippen LogP contribution is -2.51. The molecule has 1 saturated heterocycles. The third kappa shape index (κ3) is 3.72. The monoisotopic (exact) mass is 297 g/mol.